The van der Waals surface area contributed by atoms with Crippen LogP contribution in [0.15, 0.2) is 54.0 Å². The molecule has 142 valence electrons. The van der Waals surface area contributed by atoms with Crippen LogP contribution in [0.25, 0.3) is 16.3 Å². The van der Waals surface area contributed by atoms with Gasteiger partial charge in [0, 0.05) is 16.8 Å². The summed E-state index contributed by atoms with van der Waals surface area (Å²) in [6.45, 7) is 2.46. The number of amides is 1. The molecule has 0 fully saturated rings. The van der Waals surface area contributed by atoms with Crippen molar-refractivity contribution in [3.8, 4) is 22.0 Å². The first-order valence-electron chi connectivity index (χ1n) is 8.73. The van der Waals surface area contributed by atoms with Crippen LogP contribution in [0.2, 0.25) is 0 Å². The Morgan fingerprint density at radius 1 is 1.21 bits per heavy atom. The van der Waals surface area contributed by atoms with Gasteiger partial charge in [-0.25, -0.2) is 9.67 Å². The number of benzene rings is 1. The number of aryl methyl sites for hydroxylation is 1. The number of thiophene rings is 1. The van der Waals surface area contributed by atoms with Crippen LogP contribution < -0.4 is 5.32 Å². The highest BCUT2D eigenvalue weighted by Crippen LogP contribution is 2.29. The second-order valence-corrected chi connectivity index (χ2v) is 8.40. The lowest BCUT2D eigenvalue weighted by Crippen LogP contribution is -2.26. The maximum atomic E-state index is 12.4. The summed E-state index contributed by atoms with van der Waals surface area (Å²) < 4.78 is 1.49. The topological polar surface area (TPSA) is 80.0 Å². The van der Waals surface area contributed by atoms with Gasteiger partial charge in [-0.1, -0.05) is 18.2 Å². The van der Waals surface area contributed by atoms with Crippen LogP contribution in [0, 0.1) is 6.92 Å². The Morgan fingerprint density at radius 2 is 2.04 bits per heavy atom. The molecule has 3 aromatic heterocycles. The first-order chi connectivity index (χ1) is 13.6. The molecular weight excluding hydrogens is 392 g/mol. The summed E-state index contributed by atoms with van der Waals surface area (Å²) in [5.74, 6) is -0.530. The molecule has 6 nitrogen and oxygen atoms in total. The summed E-state index contributed by atoms with van der Waals surface area (Å²) in [6.07, 6.45) is 2.14. The number of para-hydroxylation sites is 1. The summed E-state index contributed by atoms with van der Waals surface area (Å²) in [4.78, 5) is 19.2. The maximum absolute atomic E-state index is 12.4. The van der Waals surface area contributed by atoms with Gasteiger partial charge < -0.3 is 10.4 Å². The van der Waals surface area contributed by atoms with E-state index in [1.54, 1.807) is 22.7 Å². The fourth-order valence-corrected chi connectivity index (χ4v) is 4.40. The molecule has 0 spiro atoms. The van der Waals surface area contributed by atoms with Crippen molar-refractivity contribution >= 4 is 28.6 Å². The quantitative estimate of drug-likeness (QED) is 0.503. The van der Waals surface area contributed by atoms with Crippen LogP contribution in [-0.2, 0) is 6.42 Å². The minimum absolute atomic E-state index is 0.0219. The van der Waals surface area contributed by atoms with Crippen molar-refractivity contribution in [3.63, 3.8) is 0 Å². The number of aromatic hydroxyl groups is 1. The van der Waals surface area contributed by atoms with Crippen molar-refractivity contribution in [1.29, 1.82) is 0 Å². The average molecular weight is 411 g/mol. The van der Waals surface area contributed by atoms with Gasteiger partial charge in [0.15, 0.2) is 11.4 Å². The summed E-state index contributed by atoms with van der Waals surface area (Å²) in [5.41, 5.74) is 1.80. The van der Waals surface area contributed by atoms with E-state index in [-0.39, 0.29) is 17.4 Å². The summed E-state index contributed by atoms with van der Waals surface area (Å²) in [7, 11) is 0. The third-order valence-corrected chi connectivity index (χ3v) is 6.06. The normalized spacial score (nSPS) is 10.9. The van der Waals surface area contributed by atoms with Crippen LogP contribution in [0.4, 0.5) is 0 Å². The number of hydrogen-bond acceptors (Lipinski definition) is 6. The molecule has 4 aromatic rings. The van der Waals surface area contributed by atoms with Crippen molar-refractivity contribution in [3.05, 3.63) is 69.6 Å². The second kappa shape index (κ2) is 7.95. The smallest absolute Gasteiger partial charge is 0.275 e. The Kier molecular flexibility index (Phi) is 5.23. The monoisotopic (exact) mass is 410 g/mol. The zero-order chi connectivity index (χ0) is 19.5. The van der Waals surface area contributed by atoms with E-state index in [4.69, 9.17) is 0 Å². The van der Waals surface area contributed by atoms with Crippen molar-refractivity contribution in [2.45, 2.75) is 13.3 Å². The minimum Gasteiger partial charge on any atom is -0.504 e. The van der Waals surface area contributed by atoms with E-state index in [0.717, 1.165) is 21.3 Å². The number of aromatic nitrogens is 3. The van der Waals surface area contributed by atoms with Crippen LogP contribution in [0.5, 0.6) is 5.75 Å². The zero-order valence-electron chi connectivity index (χ0n) is 15.1. The molecule has 0 saturated heterocycles. The fraction of sp³-hybridized carbons (Fsp3) is 0.150. The predicted octanol–water partition coefficient (Wildman–Crippen LogP) is 4.04. The molecule has 0 saturated carbocycles. The van der Waals surface area contributed by atoms with Gasteiger partial charge in [-0.2, -0.15) is 5.10 Å². The van der Waals surface area contributed by atoms with Gasteiger partial charge in [0.05, 0.1) is 27.5 Å². The largest absolute Gasteiger partial charge is 0.504 e. The highest BCUT2D eigenvalue weighted by molar-refractivity contribution is 7.16. The molecule has 1 amide bonds. The molecule has 1 aromatic carbocycles. The average Bonchev–Trinajstić information content (AvgIpc) is 3.42. The van der Waals surface area contributed by atoms with Crippen LogP contribution >= 0.6 is 22.7 Å². The molecule has 2 N–H and O–H groups in total. The SMILES string of the molecule is Cc1nc(-c2ccc(CCNC(=O)c3nn(-c4ccccc4)cc3O)s2)cs1. The Hall–Kier alpha value is -2.97. The van der Waals surface area contributed by atoms with Gasteiger partial charge in [-0.3, -0.25) is 4.79 Å². The number of hydrogen-bond donors (Lipinski definition) is 2. The number of nitrogens with zero attached hydrogens (tertiary/aromatic N) is 3. The zero-order valence-corrected chi connectivity index (χ0v) is 16.8. The Morgan fingerprint density at radius 3 is 2.79 bits per heavy atom. The molecule has 0 aliphatic rings. The van der Waals surface area contributed by atoms with Crippen LogP contribution in [0.1, 0.15) is 20.4 Å². The van der Waals surface area contributed by atoms with E-state index in [1.165, 1.54) is 15.8 Å². The minimum atomic E-state index is -0.390. The van der Waals surface area contributed by atoms with Gasteiger partial charge >= 0.3 is 0 Å². The van der Waals surface area contributed by atoms with E-state index in [2.05, 4.69) is 32.9 Å². The molecule has 3 heterocycles. The molecule has 0 aliphatic carbocycles. The maximum Gasteiger partial charge on any atom is 0.275 e. The number of carbonyl (C=O) groups is 1. The van der Waals surface area contributed by atoms with Gasteiger partial charge in [-0.15, -0.1) is 22.7 Å². The van der Waals surface area contributed by atoms with Crippen molar-refractivity contribution in [2.75, 3.05) is 6.54 Å². The van der Waals surface area contributed by atoms with Crippen molar-refractivity contribution < 1.29 is 9.90 Å². The first kappa shape index (κ1) is 18.4. The van der Waals surface area contributed by atoms with Crippen LogP contribution in [0.3, 0.4) is 0 Å². The fourth-order valence-electron chi connectivity index (χ4n) is 2.75. The lowest BCUT2D eigenvalue weighted by atomic mass is 10.3. The van der Waals surface area contributed by atoms with Crippen LogP contribution in [-0.4, -0.2) is 32.3 Å². The first-order valence-corrected chi connectivity index (χ1v) is 10.4. The van der Waals surface area contributed by atoms with Gasteiger partial charge in [0.1, 0.15) is 0 Å². The lowest BCUT2D eigenvalue weighted by molar-refractivity contribution is 0.0946. The number of nitrogens with one attached hydrogen (secondary N) is 1. The third kappa shape index (κ3) is 3.97. The third-order valence-electron chi connectivity index (χ3n) is 4.12. The molecule has 0 atom stereocenters. The molecule has 0 aliphatic heterocycles. The Balaban J connectivity index is 1.36. The molecule has 28 heavy (non-hydrogen) atoms. The highest BCUT2D eigenvalue weighted by atomic mass is 32.1. The standard InChI is InChI=1S/C20H18N4O2S2/c1-13-22-16(12-27-13)18-8-7-15(28-18)9-10-21-20(26)19-17(25)11-24(23-19)14-5-3-2-4-6-14/h2-8,11-12,25H,9-10H2,1H3,(H,21,26). The predicted molar refractivity (Wildman–Crippen MR) is 111 cm³/mol. The summed E-state index contributed by atoms with van der Waals surface area (Å²) in [6, 6.07) is 13.5. The Labute approximate surface area is 170 Å². The number of rotatable bonds is 6. The van der Waals surface area contributed by atoms with E-state index < -0.39 is 0 Å². The molecular formula is C20H18N4O2S2. The van der Waals surface area contributed by atoms with E-state index >= 15 is 0 Å². The van der Waals surface area contributed by atoms with Gasteiger partial charge in [-0.05, 0) is 37.6 Å². The van der Waals surface area contributed by atoms with Gasteiger partial charge in [0.25, 0.3) is 5.91 Å². The Bertz CT molecular complexity index is 1100. The second-order valence-electron chi connectivity index (χ2n) is 6.17. The van der Waals surface area contributed by atoms with Gasteiger partial charge in [0.2, 0.25) is 0 Å². The molecule has 0 unspecified atom stereocenters. The summed E-state index contributed by atoms with van der Waals surface area (Å²) in [5, 5.41) is 20.2. The van der Waals surface area contributed by atoms with E-state index in [9.17, 15) is 9.90 Å². The molecule has 8 heteroatoms. The van der Waals surface area contributed by atoms with Crippen molar-refractivity contribution in [2.24, 2.45) is 0 Å². The molecule has 0 bridgehead atoms. The van der Waals surface area contributed by atoms with E-state index in [1.807, 2.05) is 37.3 Å². The number of carbonyl (C=O) groups excluding carboxylic acids is 1. The highest BCUT2D eigenvalue weighted by Gasteiger charge is 2.17. The van der Waals surface area contributed by atoms with E-state index in [0.29, 0.717) is 13.0 Å². The molecule has 0 radical (unpaired) electrons. The molecule has 4 rings (SSSR count). The summed E-state index contributed by atoms with van der Waals surface area (Å²) >= 11 is 3.31. The lowest BCUT2D eigenvalue weighted by Gasteiger charge is -2.02. The van der Waals surface area contributed by atoms with Crippen molar-refractivity contribution in [1.82, 2.24) is 20.1 Å². The number of thiazole rings is 1.